The van der Waals surface area contributed by atoms with E-state index in [-0.39, 0.29) is 5.54 Å². The van der Waals surface area contributed by atoms with E-state index in [0.29, 0.717) is 5.41 Å². The first-order valence-corrected chi connectivity index (χ1v) is 9.16. The molecular weight excluding hydrogens is 346 g/mol. The van der Waals surface area contributed by atoms with Crippen LogP contribution in [0, 0.1) is 5.41 Å². The Balaban J connectivity index is 2.15. The first-order chi connectivity index (χ1) is 9.80. The zero-order valence-corrected chi connectivity index (χ0v) is 15.8. The second-order valence-corrected chi connectivity index (χ2v) is 8.90. The molecule has 1 N–H and O–H groups in total. The molecule has 0 saturated heterocycles. The Bertz CT molecular complexity index is 473. The minimum absolute atomic E-state index is 0.175. The summed E-state index contributed by atoms with van der Waals surface area (Å²) in [6, 6.07) is 6.30. The van der Waals surface area contributed by atoms with Crippen LogP contribution in [0.4, 0.5) is 0 Å². The van der Waals surface area contributed by atoms with Crippen molar-refractivity contribution < 1.29 is 0 Å². The van der Waals surface area contributed by atoms with Crippen LogP contribution in [0.5, 0.6) is 0 Å². The quantitative estimate of drug-likeness (QED) is 0.685. The van der Waals surface area contributed by atoms with E-state index in [1.165, 1.54) is 37.7 Å². The minimum atomic E-state index is 0.175. The van der Waals surface area contributed by atoms with Gasteiger partial charge in [0, 0.05) is 21.6 Å². The summed E-state index contributed by atoms with van der Waals surface area (Å²) >= 11 is 9.95. The van der Waals surface area contributed by atoms with Crippen LogP contribution < -0.4 is 5.32 Å². The van der Waals surface area contributed by atoms with Gasteiger partial charge in [-0.3, -0.25) is 0 Å². The van der Waals surface area contributed by atoms with E-state index in [2.05, 4.69) is 54.2 Å². The van der Waals surface area contributed by atoms with Crippen molar-refractivity contribution in [1.29, 1.82) is 0 Å². The molecule has 3 heteroatoms. The molecule has 21 heavy (non-hydrogen) atoms. The van der Waals surface area contributed by atoms with Gasteiger partial charge in [-0.2, -0.15) is 0 Å². The van der Waals surface area contributed by atoms with Gasteiger partial charge in [-0.05, 0) is 63.1 Å². The van der Waals surface area contributed by atoms with Gasteiger partial charge in [-0.25, -0.2) is 0 Å². The average Bonchev–Trinajstić information content (AvgIpc) is 2.41. The smallest absolute Gasteiger partial charge is 0.0449 e. The van der Waals surface area contributed by atoms with Gasteiger partial charge < -0.3 is 5.32 Å². The van der Waals surface area contributed by atoms with Gasteiger partial charge in [0.15, 0.2) is 0 Å². The highest BCUT2D eigenvalue weighted by atomic mass is 79.9. The third-order valence-electron chi connectivity index (χ3n) is 4.49. The zero-order chi connectivity index (χ0) is 15.5. The Morgan fingerprint density at radius 1 is 1.19 bits per heavy atom. The molecule has 1 saturated carbocycles. The number of benzene rings is 1. The molecule has 0 unspecified atom stereocenters. The lowest BCUT2D eigenvalue weighted by molar-refractivity contribution is 0.165. The van der Waals surface area contributed by atoms with E-state index in [4.69, 9.17) is 11.6 Å². The van der Waals surface area contributed by atoms with Crippen LogP contribution in [0.15, 0.2) is 22.7 Å². The number of hydrogen-bond acceptors (Lipinski definition) is 1. The lowest BCUT2D eigenvalue weighted by Crippen LogP contribution is -2.45. The molecule has 1 fully saturated rings. The van der Waals surface area contributed by atoms with Crippen LogP contribution in [0.1, 0.15) is 58.4 Å². The standard InChI is InChI=1S/C18H27BrClN/c1-17(2,3)21-13-18(9-5-4-6-10-18)12-14-7-8-15(19)11-16(14)20/h7-8,11,21H,4-6,9-10,12-13H2,1-3H3. The fraction of sp³-hybridized carbons (Fsp3) is 0.667. The topological polar surface area (TPSA) is 12.0 Å². The van der Waals surface area contributed by atoms with Crippen LogP contribution in [0.2, 0.25) is 5.02 Å². The maximum absolute atomic E-state index is 6.45. The molecule has 1 aliphatic carbocycles. The largest absolute Gasteiger partial charge is 0.312 e. The van der Waals surface area contributed by atoms with Gasteiger partial charge in [-0.1, -0.05) is 52.9 Å². The van der Waals surface area contributed by atoms with E-state index < -0.39 is 0 Å². The fourth-order valence-corrected chi connectivity index (χ4v) is 3.98. The molecule has 0 bridgehead atoms. The van der Waals surface area contributed by atoms with Crippen molar-refractivity contribution in [3.05, 3.63) is 33.3 Å². The summed E-state index contributed by atoms with van der Waals surface area (Å²) in [7, 11) is 0. The number of halogens is 2. The molecule has 1 aromatic rings. The van der Waals surface area contributed by atoms with Crippen LogP contribution in [0.3, 0.4) is 0 Å². The van der Waals surface area contributed by atoms with E-state index >= 15 is 0 Å². The summed E-state index contributed by atoms with van der Waals surface area (Å²) in [5, 5.41) is 4.62. The molecule has 0 heterocycles. The zero-order valence-electron chi connectivity index (χ0n) is 13.4. The highest BCUT2D eigenvalue weighted by Crippen LogP contribution is 2.40. The SMILES string of the molecule is CC(C)(C)NCC1(Cc2ccc(Br)cc2Cl)CCCCC1. The highest BCUT2D eigenvalue weighted by Gasteiger charge is 2.33. The van der Waals surface area contributed by atoms with Crippen molar-refractivity contribution in [1.82, 2.24) is 5.32 Å². The third-order valence-corrected chi connectivity index (χ3v) is 5.33. The third kappa shape index (κ3) is 5.26. The molecule has 0 atom stereocenters. The van der Waals surface area contributed by atoms with Gasteiger partial charge in [0.1, 0.15) is 0 Å². The summed E-state index contributed by atoms with van der Waals surface area (Å²) in [5.74, 6) is 0. The predicted molar refractivity (Wildman–Crippen MR) is 96.1 cm³/mol. The molecule has 118 valence electrons. The Labute approximate surface area is 143 Å². The van der Waals surface area contributed by atoms with Crippen LogP contribution in [-0.4, -0.2) is 12.1 Å². The molecule has 1 nitrogen and oxygen atoms in total. The Morgan fingerprint density at radius 3 is 2.43 bits per heavy atom. The summed E-state index contributed by atoms with van der Waals surface area (Å²) < 4.78 is 1.06. The summed E-state index contributed by atoms with van der Waals surface area (Å²) in [4.78, 5) is 0. The van der Waals surface area contributed by atoms with Crippen molar-refractivity contribution in [2.24, 2.45) is 5.41 Å². The molecular formula is C18H27BrClN. The second kappa shape index (κ2) is 7.02. The van der Waals surface area contributed by atoms with E-state index in [9.17, 15) is 0 Å². The molecule has 0 spiro atoms. The maximum atomic E-state index is 6.45. The molecule has 1 aromatic carbocycles. The number of rotatable bonds is 4. The van der Waals surface area contributed by atoms with Gasteiger partial charge in [0.25, 0.3) is 0 Å². The van der Waals surface area contributed by atoms with E-state index in [1.807, 2.05) is 6.07 Å². The Hall–Kier alpha value is -0.0500. The summed E-state index contributed by atoms with van der Waals surface area (Å²) in [6.07, 6.45) is 7.78. The average molecular weight is 373 g/mol. The lowest BCUT2D eigenvalue weighted by Gasteiger charge is -2.40. The molecule has 0 radical (unpaired) electrons. The van der Waals surface area contributed by atoms with Crippen molar-refractivity contribution in [2.45, 2.75) is 64.8 Å². The van der Waals surface area contributed by atoms with Gasteiger partial charge >= 0.3 is 0 Å². The van der Waals surface area contributed by atoms with Gasteiger partial charge in [-0.15, -0.1) is 0 Å². The normalized spacial score (nSPS) is 18.7. The molecule has 0 aromatic heterocycles. The first-order valence-electron chi connectivity index (χ1n) is 7.99. The molecule has 1 aliphatic rings. The molecule has 0 aliphatic heterocycles. The monoisotopic (exact) mass is 371 g/mol. The fourth-order valence-electron chi connectivity index (χ4n) is 3.24. The summed E-state index contributed by atoms with van der Waals surface area (Å²) in [6.45, 7) is 7.82. The van der Waals surface area contributed by atoms with Crippen molar-refractivity contribution in [3.63, 3.8) is 0 Å². The van der Waals surface area contributed by atoms with E-state index in [1.54, 1.807) is 0 Å². The van der Waals surface area contributed by atoms with Crippen LogP contribution in [-0.2, 0) is 6.42 Å². The highest BCUT2D eigenvalue weighted by molar-refractivity contribution is 9.10. The minimum Gasteiger partial charge on any atom is -0.312 e. The van der Waals surface area contributed by atoms with Gasteiger partial charge in [0.2, 0.25) is 0 Å². The Kier molecular flexibility index (Phi) is 5.78. The second-order valence-electron chi connectivity index (χ2n) is 7.58. The number of hydrogen-bond donors (Lipinski definition) is 1. The lowest BCUT2D eigenvalue weighted by atomic mass is 9.70. The van der Waals surface area contributed by atoms with Crippen LogP contribution >= 0.6 is 27.5 Å². The maximum Gasteiger partial charge on any atom is 0.0449 e. The Morgan fingerprint density at radius 2 is 1.86 bits per heavy atom. The van der Waals surface area contributed by atoms with Crippen molar-refractivity contribution in [2.75, 3.05) is 6.54 Å². The van der Waals surface area contributed by atoms with E-state index in [0.717, 1.165) is 22.5 Å². The molecule has 0 amide bonds. The van der Waals surface area contributed by atoms with Crippen molar-refractivity contribution in [3.8, 4) is 0 Å². The summed E-state index contributed by atoms with van der Waals surface area (Å²) in [5.41, 5.74) is 1.83. The van der Waals surface area contributed by atoms with Crippen molar-refractivity contribution >= 4 is 27.5 Å². The van der Waals surface area contributed by atoms with Gasteiger partial charge in [0.05, 0.1) is 0 Å². The first kappa shape index (κ1) is 17.3. The number of nitrogens with one attached hydrogen (secondary N) is 1. The predicted octanol–water partition coefficient (Wildman–Crippen LogP) is 5.98. The van der Waals surface area contributed by atoms with Crippen LogP contribution in [0.25, 0.3) is 0 Å². The molecule has 2 rings (SSSR count).